The van der Waals surface area contributed by atoms with Crippen molar-refractivity contribution >= 4 is 61.5 Å². The Morgan fingerprint density at radius 1 is 0.943 bits per heavy atom. The summed E-state index contributed by atoms with van der Waals surface area (Å²) in [6, 6.07) is 21.3. The van der Waals surface area contributed by atoms with Gasteiger partial charge in [0, 0.05) is 59.9 Å². The fraction of sp³-hybridized carbons (Fsp3) is 0.500. The maximum Gasteiger partial charge on any atom is 0.162 e. The largest absolute Gasteiger partial charge is 0.512 e. The number of carbonyl (C=O) groups is 1. The molecule has 0 spiro atoms. The van der Waals surface area contributed by atoms with E-state index < -0.39 is 14.0 Å². The van der Waals surface area contributed by atoms with Gasteiger partial charge in [0.15, 0.2) is 5.78 Å². The Hall–Kier alpha value is -2.70. The summed E-state index contributed by atoms with van der Waals surface area (Å²) in [6.07, 6.45) is 9.54. The van der Waals surface area contributed by atoms with E-state index in [1.807, 2.05) is 27.7 Å². The van der Waals surface area contributed by atoms with Crippen molar-refractivity contribution in [3.8, 4) is 11.3 Å². The number of carbonyl (C=O) groups excluding carboxylic acids is 1. The molecule has 0 amide bonds. The van der Waals surface area contributed by atoms with E-state index in [4.69, 9.17) is 9.97 Å². The van der Waals surface area contributed by atoms with Gasteiger partial charge in [-0.05, 0) is 73.3 Å². The number of hydrogen-bond donors (Lipinski definition) is 1. The van der Waals surface area contributed by atoms with Gasteiger partial charge >= 0.3 is 0 Å². The minimum Gasteiger partial charge on any atom is -0.512 e. The maximum absolute atomic E-state index is 11.7. The molecule has 3 aromatic carbocycles. The zero-order valence-electron chi connectivity index (χ0n) is 34.9. The third-order valence-electron chi connectivity index (χ3n) is 10.9. The summed E-state index contributed by atoms with van der Waals surface area (Å²) in [5.41, 5.74) is 4.44. The summed E-state index contributed by atoms with van der Waals surface area (Å²) in [4.78, 5) is 21.3. The average Bonchev–Trinajstić information content (AvgIpc) is 3.45. The predicted octanol–water partition coefficient (Wildman–Crippen LogP) is 13.2. The molecule has 0 saturated heterocycles. The summed E-state index contributed by atoms with van der Waals surface area (Å²) < 4.78 is 11.9. The molecule has 0 aliphatic heterocycles. The van der Waals surface area contributed by atoms with Crippen LogP contribution in [-0.4, -0.2) is 28.9 Å². The van der Waals surface area contributed by atoms with Gasteiger partial charge < -0.3 is 5.11 Å². The van der Waals surface area contributed by atoms with Crippen molar-refractivity contribution < 1.29 is 31.4 Å². The van der Waals surface area contributed by atoms with Gasteiger partial charge in [-0.3, -0.25) is 9.78 Å². The molecule has 2 aromatic heterocycles. The Balaban J connectivity index is 0.000000347. The number of allylic oxidation sites excluding steroid dienone is 2. The Morgan fingerprint density at radius 2 is 1.57 bits per heavy atom. The third kappa shape index (κ3) is 9.95. The van der Waals surface area contributed by atoms with Crippen LogP contribution < -0.4 is 5.19 Å². The molecule has 1 aliphatic rings. The van der Waals surface area contributed by atoms with Crippen molar-refractivity contribution in [2.75, 3.05) is 0 Å². The molecule has 4 nitrogen and oxygen atoms in total. The van der Waals surface area contributed by atoms with Gasteiger partial charge in [0.05, 0.1) is 19.3 Å². The number of benzene rings is 3. The first kappa shape index (κ1) is 41.5. The van der Waals surface area contributed by atoms with Crippen molar-refractivity contribution in [2.24, 2.45) is 22.7 Å². The number of fused-ring (bicyclic) bond motifs is 4. The molecular weight excluding hydrogens is 865 g/mol. The number of aromatic nitrogens is 2. The number of rotatable bonds is 10. The van der Waals surface area contributed by atoms with Crippen LogP contribution in [0.4, 0.5) is 0 Å². The Bertz CT molecular complexity index is 2110. The van der Waals surface area contributed by atoms with Gasteiger partial charge in [-0.15, -0.1) is 40.1 Å². The van der Waals surface area contributed by atoms with E-state index in [1.54, 1.807) is 17.7 Å². The van der Waals surface area contributed by atoms with E-state index in [1.165, 1.54) is 21.3 Å². The van der Waals surface area contributed by atoms with Crippen molar-refractivity contribution in [1.82, 2.24) is 9.97 Å². The molecule has 2 heterocycles. The van der Waals surface area contributed by atoms with E-state index in [-0.39, 0.29) is 54.3 Å². The van der Waals surface area contributed by atoms with E-state index in [0.29, 0.717) is 0 Å². The first-order valence-corrected chi connectivity index (χ1v) is 23.7. The molecule has 1 aliphatic carbocycles. The molecule has 287 valence electrons. The second-order valence-electron chi connectivity index (χ2n) is 17.6. The van der Waals surface area contributed by atoms with Crippen molar-refractivity contribution in [3.05, 3.63) is 78.3 Å². The van der Waals surface area contributed by atoms with Gasteiger partial charge in [-0.2, -0.15) is 0 Å². The zero-order chi connectivity index (χ0) is 38.9. The maximum atomic E-state index is 11.7. The SMILES string of the molecule is CCC(CC)C(=O)/C=C(\O)C(CC)CC.[2H]C1(c2ccc3c(c2)sc2c(-c4[c-]c5ccccc5c([Si](C)(C)C)c4)ncnc23)CC(C)(C)CC(C)(C)C1.[Ir]. The Labute approximate surface area is 339 Å². The topological polar surface area (TPSA) is 63.1 Å². The van der Waals surface area contributed by atoms with Crippen LogP contribution in [0.3, 0.4) is 0 Å². The van der Waals surface area contributed by atoms with Crippen LogP contribution in [0.5, 0.6) is 0 Å². The summed E-state index contributed by atoms with van der Waals surface area (Å²) in [5, 5.41) is 14.8. The molecule has 1 radical (unpaired) electrons. The van der Waals surface area contributed by atoms with Crippen LogP contribution >= 0.6 is 11.3 Å². The van der Waals surface area contributed by atoms with E-state index in [2.05, 4.69) is 102 Å². The molecular formula is C46H61IrN2O2SSi-. The summed E-state index contributed by atoms with van der Waals surface area (Å²) >= 11 is 1.76. The van der Waals surface area contributed by atoms with Crippen LogP contribution in [0.1, 0.15) is 113 Å². The van der Waals surface area contributed by atoms with Crippen molar-refractivity contribution in [2.45, 2.75) is 126 Å². The third-order valence-corrected chi connectivity index (χ3v) is 14.1. The number of aliphatic hydroxyl groups excluding tert-OH is 1. The number of hydrogen-bond acceptors (Lipinski definition) is 5. The normalized spacial score (nSPS) is 17.1. The van der Waals surface area contributed by atoms with E-state index in [0.717, 1.165) is 82.8 Å². The molecule has 7 heteroatoms. The summed E-state index contributed by atoms with van der Waals surface area (Å²) in [6.45, 7) is 24.6. The number of aliphatic hydroxyl groups is 1. The van der Waals surface area contributed by atoms with Gasteiger partial charge in [0.25, 0.3) is 0 Å². The quantitative estimate of drug-likeness (QED) is 0.0656. The molecule has 6 rings (SSSR count). The van der Waals surface area contributed by atoms with E-state index >= 15 is 0 Å². The summed E-state index contributed by atoms with van der Waals surface area (Å²) in [7, 11) is -1.60. The van der Waals surface area contributed by atoms with Crippen LogP contribution in [0.2, 0.25) is 19.6 Å². The number of nitrogens with zero attached hydrogens (tertiary/aromatic N) is 2. The Morgan fingerprint density at radius 3 is 2.17 bits per heavy atom. The molecule has 0 bridgehead atoms. The van der Waals surface area contributed by atoms with Crippen LogP contribution in [0, 0.1) is 28.7 Å². The van der Waals surface area contributed by atoms with Gasteiger partial charge in [-0.1, -0.05) is 116 Å². The standard InChI is InChI=1S/C33H37N2SSi.C13H24O2.Ir/c1-32(2)17-24(18-33(3,4)19-32)21-12-13-26-27(15-21)36-31-29(34-20-35-30(26)31)23-14-22-10-8-9-11-25(22)28(16-23)37(5,6)7;1-5-10(6-2)12(14)9-13(15)11(7-3)8-4;/h8-13,15-16,20,24H,17-19H2,1-7H3;9-11,14H,5-8H2,1-4H3;/q-1;;/b;12-9-;/i24D;;. The fourth-order valence-corrected chi connectivity index (χ4v) is 11.4. The first-order chi connectivity index (χ1) is 24.8. The second kappa shape index (κ2) is 17.4. The number of thiophene rings is 1. The minimum atomic E-state index is -1.60. The fourth-order valence-electron chi connectivity index (χ4n) is 8.59. The van der Waals surface area contributed by atoms with Crippen LogP contribution in [-0.2, 0) is 24.9 Å². The van der Waals surface area contributed by atoms with E-state index in [9.17, 15) is 11.3 Å². The predicted molar refractivity (Wildman–Crippen MR) is 228 cm³/mol. The monoisotopic (exact) mass is 927 g/mol. The molecule has 1 fully saturated rings. The Kier molecular flexibility index (Phi) is 13.6. The molecule has 0 atom stereocenters. The van der Waals surface area contributed by atoms with Crippen molar-refractivity contribution in [1.29, 1.82) is 0 Å². The molecule has 53 heavy (non-hydrogen) atoms. The van der Waals surface area contributed by atoms with Gasteiger partial charge in [-0.25, -0.2) is 4.98 Å². The average molecular weight is 927 g/mol. The first-order valence-electron chi connectivity index (χ1n) is 19.9. The molecule has 0 unspecified atom stereocenters. The molecule has 1 N–H and O–H groups in total. The molecule has 5 aromatic rings. The summed E-state index contributed by atoms with van der Waals surface area (Å²) in [5.74, 6) is -0.0335. The zero-order valence-corrected chi connectivity index (χ0v) is 38.1. The van der Waals surface area contributed by atoms with Crippen LogP contribution in [0.15, 0.2) is 66.7 Å². The van der Waals surface area contributed by atoms with Crippen LogP contribution in [0.25, 0.3) is 42.3 Å². The molecule has 1 saturated carbocycles. The van der Waals surface area contributed by atoms with Crippen molar-refractivity contribution in [3.63, 3.8) is 0 Å². The number of ketones is 1. The van der Waals surface area contributed by atoms with Gasteiger partial charge in [0.2, 0.25) is 0 Å². The van der Waals surface area contributed by atoms with Gasteiger partial charge in [0.1, 0.15) is 6.33 Å². The second-order valence-corrected chi connectivity index (χ2v) is 23.7. The smallest absolute Gasteiger partial charge is 0.162 e. The minimum absolute atomic E-state index is 0.